The van der Waals surface area contributed by atoms with Gasteiger partial charge >= 0.3 is 0 Å². The molecule has 0 spiro atoms. The second-order valence-corrected chi connectivity index (χ2v) is 5.26. The lowest BCUT2D eigenvalue weighted by molar-refractivity contribution is 0.103. The monoisotopic (exact) mass is 276 g/mol. The average molecular weight is 277 g/mol. The third kappa shape index (κ3) is 1.65. The molecule has 0 aliphatic rings. The van der Waals surface area contributed by atoms with Crippen molar-refractivity contribution >= 4 is 38.8 Å². The molecule has 0 aliphatic heterocycles. The van der Waals surface area contributed by atoms with E-state index in [0.29, 0.717) is 16.3 Å². The molecule has 0 unspecified atom stereocenters. The van der Waals surface area contributed by atoms with Crippen LogP contribution >= 0.6 is 22.9 Å². The van der Waals surface area contributed by atoms with Crippen molar-refractivity contribution in [3.8, 4) is 0 Å². The number of nitrogens with zero attached hydrogens (tertiary/aromatic N) is 2. The molecule has 3 rings (SSSR count). The maximum Gasteiger partial charge on any atom is 0.214 e. The third-order valence-corrected chi connectivity index (χ3v) is 4.07. The van der Waals surface area contributed by atoms with E-state index < -0.39 is 0 Å². The predicted octanol–water partition coefficient (Wildman–Crippen LogP) is 3.52. The smallest absolute Gasteiger partial charge is 0.214 e. The molecule has 0 aliphatic carbocycles. The fourth-order valence-corrected chi connectivity index (χ4v) is 3.14. The lowest BCUT2D eigenvalue weighted by Crippen LogP contribution is -2.08. The molecule has 3 aromatic rings. The van der Waals surface area contributed by atoms with Crippen LogP contribution in [0, 0.1) is 0 Å². The van der Waals surface area contributed by atoms with Gasteiger partial charge in [-0.05, 0) is 6.07 Å². The summed E-state index contributed by atoms with van der Waals surface area (Å²) in [6, 6.07) is 7.84. The van der Waals surface area contributed by atoms with Crippen molar-refractivity contribution in [1.82, 2.24) is 9.78 Å². The van der Waals surface area contributed by atoms with Crippen molar-refractivity contribution in [1.29, 1.82) is 0 Å². The number of carbonyl (C=O) groups is 1. The van der Waals surface area contributed by atoms with E-state index in [0.717, 1.165) is 10.1 Å². The number of ketones is 1. The molecule has 90 valence electrons. The first kappa shape index (κ1) is 11.4. The number of halogens is 1. The Bertz CT molecular complexity index is 725. The quantitative estimate of drug-likeness (QED) is 0.671. The van der Waals surface area contributed by atoms with E-state index in [2.05, 4.69) is 5.10 Å². The molecule has 0 N–H and O–H groups in total. The molecule has 0 saturated carbocycles. The summed E-state index contributed by atoms with van der Waals surface area (Å²) in [6.07, 6.45) is 1.49. The maximum absolute atomic E-state index is 12.5. The van der Waals surface area contributed by atoms with E-state index in [-0.39, 0.29) is 5.78 Å². The summed E-state index contributed by atoms with van der Waals surface area (Å²) >= 11 is 7.56. The van der Waals surface area contributed by atoms with Crippen LogP contribution in [0.5, 0.6) is 0 Å². The Labute approximate surface area is 113 Å². The summed E-state index contributed by atoms with van der Waals surface area (Å²) in [5.74, 6) is -0.0857. The van der Waals surface area contributed by atoms with Gasteiger partial charge in [0.25, 0.3) is 0 Å². The number of aryl methyl sites for hydroxylation is 1. The zero-order valence-electron chi connectivity index (χ0n) is 9.55. The maximum atomic E-state index is 12.5. The van der Waals surface area contributed by atoms with Gasteiger partial charge < -0.3 is 0 Å². The Balaban J connectivity index is 2.19. The van der Waals surface area contributed by atoms with Crippen LogP contribution in [-0.4, -0.2) is 15.6 Å². The molecule has 0 saturated heterocycles. The van der Waals surface area contributed by atoms with E-state index in [9.17, 15) is 4.79 Å². The van der Waals surface area contributed by atoms with E-state index in [1.54, 1.807) is 18.4 Å². The number of carbonyl (C=O) groups excluding carboxylic acids is 1. The summed E-state index contributed by atoms with van der Waals surface area (Å²) in [5.41, 5.74) is 1.11. The highest BCUT2D eigenvalue weighted by Gasteiger charge is 2.20. The molecule has 0 fully saturated rings. The van der Waals surface area contributed by atoms with Gasteiger partial charge in [-0.2, -0.15) is 5.10 Å². The Hall–Kier alpha value is -1.65. The Morgan fingerprint density at radius 3 is 2.89 bits per heavy atom. The largest absolute Gasteiger partial charge is 0.287 e. The normalized spacial score (nSPS) is 11.0. The van der Waals surface area contributed by atoms with Crippen molar-refractivity contribution < 1.29 is 4.79 Å². The predicted molar refractivity (Wildman–Crippen MR) is 73.5 cm³/mol. The molecular weight excluding hydrogens is 268 g/mol. The van der Waals surface area contributed by atoms with Crippen molar-refractivity contribution in [2.45, 2.75) is 0 Å². The van der Waals surface area contributed by atoms with Crippen molar-refractivity contribution in [2.75, 3.05) is 0 Å². The van der Waals surface area contributed by atoms with Gasteiger partial charge in [0.2, 0.25) is 5.78 Å². The van der Waals surface area contributed by atoms with E-state index >= 15 is 0 Å². The molecule has 0 atom stereocenters. The number of hydrogen-bond donors (Lipinski definition) is 0. The van der Waals surface area contributed by atoms with Crippen molar-refractivity contribution in [2.24, 2.45) is 7.05 Å². The van der Waals surface area contributed by atoms with Gasteiger partial charge in [-0.1, -0.05) is 29.8 Å². The first-order valence-electron chi connectivity index (χ1n) is 5.37. The van der Waals surface area contributed by atoms with E-state index in [4.69, 9.17) is 11.6 Å². The van der Waals surface area contributed by atoms with Crippen molar-refractivity contribution in [3.05, 3.63) is 52.1 Å². The minimum Gasteiger partial charge on any atom is -0.287 e. The van der Waals surface area contributed by atoms with Gasteiger partial charge in [-0.3, -0.25) is 9.48 Å². The number of thiophene rings is 1. The van der Waals surface area contributed by atoms with Crippen LogP contribution in [-0.2, 0) is 7.05 Å². The molecule has 3 nitrogen and oxygen atoms in total. The molecule has 0 radical (unpaired) electrons. The fraction of sp³-hybridized carbons (Fsp3) is 0.0769. The van der Waals surface area contributed by atoms with Crippen LogP contribution in [0.25, 0.3) is 10.1 Å². The second-order valence-electron chi connectivity index (χ2n) is 3.94. The van der Waals surface area contributed by atoms with Gasteiger partial charge in [0, 0.05) is 28.1 Å². The number of rotatable bonds is 2. The number of aromatic nitrogens is 2. The topological polar surface area (TPSA) is 34.9 Å². The van der Waals surface area contributed by atoms with Gasteiger partial charge in [-0.15, -0.1) is 11.3 Å². The Kier molecular flexibility index (Phi) is 2.69. The zero-order chi connectivity index (χ0) is 12.7. The standard InChI is InChI=1S/C13H9ClN2OS/c1-16-12(10(14)6-15-16)13(17)9-7-18-11-5-3-2-4-8(9)11/h2-7H,1H3. The molecule has 2 heterocycles. The van der Waals surface area contributed by atoms with Crippen LogP contribution < -0.4 is 0 Å². The lowest BCUT2D eigenvalue weighted by Gasteiger charge is -2.01. The second kappa shape index (κ2) is 4.23. The van der Waals surface area contributed by atoms with E-state index in [1.165, 1.54) is 10.9 Å². The summed E-state index contributed by atoms with van der Waals surface area (Å²) < 4.78 is 2.61. The Morgan fingerprint density at radius 1 is 1.39 bits per heavy atom. The van der Waals surface area contributed by atoms with Gasteiger partial charge in [0.05, 0.1) is 11.2 Å². The first-order valence-corrected chi connectivity index (χ1v) is 6.62. The summed E-state index contributed by atoms with van der Waals surface area (Å²) in [5, 5.41) is 7.22. The lowest BCUT2D eigenvalue weighted by atomic mass is 10.1. The van der Waals surface area contributed by atoms with Crippen LogP contribution in [0.2, 0.25) is 5.02 Å². The third-order valence-electron chi connectivity index (χ3n) is 2.83. The van der Waals surface area contributed by atoms with Gasteiger partial charge in [0.15, 0.2) is 0 Å². The number of benzene rings is 1. The minimum absolute atomic E-state index is 0.0857. The Morgan fingerprint density at radius 2 is 2.17 bits per heavy atom. The van der Waals surface area contributed by atoms with Gasteiger partial charge in [0.1, 0.15) is 5.69 Å². The highest BCUT2D eigenvalue weighted by molar-refractivity contribution is 7.17. The summed E-state index contributed by atoms with van der Waals surface area (Å²) in [7, 11) is 1.72. The molecule has 18 heavy (non-hydrogen) atoms. The minimum atomic E-state index is -0.0857. The highest BCUT2D eigenvalue weighted by Crippen LogP contribution is 2.29. The molecule has 5 heteroatoms. The molecular formula is C13H9ClN2OS. The molecule has 2 aromatic heterocycles. The van der Waals surface area contributed by atoms with Crippen molar-refractivity contribution in [3.63, 3.8) is 0 Å². The van der Waals surface area contributed by atoms with E-state index in [1.807, 2.05) is 29.6 Å². The van der Waals surface area contributed by atoms with Crippen LogP contribution in [0.1, 0.15) is 16.1 Å². The number of fused-ring (bicyclic) bond motifs is 1. The molecule has 0 amide bonds. The average Bonchev–Trinajstić information content (AvgIpc) is 2.93. The molecule has 1 aromatic carbocycles. The SMILES string of the molecule is Cn1ncc(Cl)c1C(=O)c1csc2ccccc12. The van der Waals surface area contributed by atoms with Crippen LogP contribution in [0.15, 0.2) is 35.8 Å². The first-order chi connectivity index (χ1) is 8.68. The van der Waals surface area contributed by atoms with Crippen LogP contribution in [0.3, 0.4) is 0 Å². The molecule has 0 bridgehead atoms. The van der Waals surface area contributed by atoms with Gasteiger partial charge in [-0.25, -0.2) is 0 Å². The fourth-order valence-electron chi connectivity index (χ4n) is 1.95. The number of hydrogen-bond acceptors (Lipinski definition) is 3. The summed E-state index contributed by atoms with van der Waals surface area (Å²) in [4.78, 5) is 12.5. The van der Waals surface area contributed by atoms with Crippen LogP contribution in [0.4, 0.5) is 0 Å². The summed E-state index contributed by atoms with van der Waals surface area (Å²) in [6.45, 7) is 0. The zero-order valence-corrected chi connectivity index (χ0v) is 11.1. The highest BCUT2D eigenvalue weighted by atomic mass is 35.5.